The minimum Gasteiger partial charge on any atom is -0.338 e. The zero-order valence-corrected chi connectivity index (χ0v) is 10.2. The monoisotopic (exact) mass is 223 g/mol. The molecule has 1 aliphatic carbocycles. The van der Waals surface area contributed by atoms with E-state index >= 15 is 0 Å². The van der Waals surface area contributed by atoms with Crippen LogP contribution in [0.15, 0.2) is 4.52 Å². The lowest BCUT2D eigenvalue weighted by Gasteiger charge is -2.07. The van der Waals surface area contributed by atoms with E-state index in [4.69, 9.17) is 4.52 Å². The Labute approximate surface area is 96.8 Å². The van der Waals surface area contributed by atoms with E-state index in [2.05, 4.69) is 29.3 Å². The Morgan fingerprint density at radius 2 is 2.19 bits per heavy atom. The molecule has 90 valence electrons. The lowest BCUT2D eigenvalue weighted by molar-refractivity contribution is 0.335. The number of hydrogen-bond acceptors (Lipinski definition) is 4. The minimum atomic E-state index is 0.169. The van der Waals surface area contributed by atoms with E-state index in [1.807, 2.05) is 0 Å². The highest BCUT2D eigenvalue weighted by atomic mass is 16.5. The van der Waals surface area contributed by atoms with Crippen molar-refractivity contribution in [3.8, 4) is 0 Å². The van der Waals surface area contributed by atoms with Crippen molar-refractivity contribution in [2.75, 3.05) is 6.54 Å². The Hall–Kier alpha value is -0.900. The summed E-state index contributed by atoms with van der Waals surface area (Å²) in [6.07, 6.45) is 6.16. The maximum Gasteiger partial charge on any atom is 0.243 e. The molecule has 4 nitrogen and oxygen atoms in total. The van der Waals surface area contributed by atoms with Gasteiger partial charge in [-0.25, -0.2) is 0 Å². The Balaban J connectivity index is 1.95. The zero-order chi connectivity index (χ0) is 11.4. The third-order valence-corrected chi connectivity index (χ3v) is 3.25. The maximum absolute atomic E-state index is 5.31. The van der Waals surface area contributed by atoms with Gasteiger partial charge in [0.05, 0.1) is 6.04 Å². The highest BCUT2D eigenvalue weighted by Crippen LogP contribution is 2.32. The Bertz CT molecular complexity index is 318. The van der Waals surface area contributed by atoms with Crippen LogP contribution in [0.5, 0.6) is 0 Å². The maximum atomic E-state index is 5.31. The molecule has 1 aromatic rings. The number of nitrogens with zero attached hydrogens (tertiary/aromatic N) is 2. The van der Waals surface area contributed by atoms with Crippen molar-refractivity contribution in [1.29, 1.82) is 0 Å². The van der Waals surface area contributed by atoms with Crippen LogP contribution < -0.4 is 5.32 Å². The normalized spacial score (nSPS) is 19.1. The largest absolute Gasteiger partial charge is 0.338 e. The molecule has 0 radical (unpaired) electrons. The van der Waals surface area contributed by atoms with Gasteiger partial charge in [-0.2, -0.15) is 4.98 Å². The van der Waals surface area contributed by atoms with Crippen molar-refractivity contribution >= 4 is 0 Å². The summed E-state index contributed by atoms with van der Waals surface area (Å²) in [4.78, 5) is 4.50. The van der Waals surface area contributed by atoms with E-state index in [0.717, 1.165) is 24.7 Å². The molecule has 1 heterocycles. The molecule has 0 amide bonds. The predicted molar refractivity (Wildman–Crippen MR) is 62.2 cm³/mol. The molecule has 16 heavy (non-hydrogen) atoms. The van der Waals surface area contributed by atoms with Crippen LogP contribution in [0.2, 0.25) is 0 Å². The lowest BCUT2D eigenvalue weighted by atomic mass is 10.1. The van der Waals surface area contributed by atoms with E-state index in [9.17, 15) is 0 Å². The van der Waals surface area contributed by atoms with Crippen molar-refractivity contribution in [2.45, 2.75) is 57.9 Å². The predicted octanol–water partition coefficient (Wildman–Crippen LogP) is 2.79. The number of rotatable bonds is 5. The molecule has 1 aromatic heterocycles. The van der Waals surface area contributed by atoms with E-state index in [1.165, 1.54) is 25.7 Å². The molecule has 0 spiro atoms. The average Bonchev–Trinajstić information content (AvgIpc) is 2.94. The molecule has 0 bridgehead atoms. The van der Waals surface area contributed by atoms with E-state index < -0.39 is 0 Å². The van der Waals surface area contributed by atoms with Gasteiger partial charge in [0.1, 0.15) is 0 Å². The van der Waals surface area contributed by atoms with Gasteiger partial charge in [0.15, 0.2) is 5.82 Å². The van der Waals surface area contributed by atoms with Gasteiger partial charge in [0, 0.05) is 5.92 Å². The van der Waals surface area contributed by atoms with Gasteiger partial charge in [0.2, 0.25) is 5.89 Å². The number of nitrogens with one attached hydrogen (secondary N) is 1. The van der Waals surface area contributed by atoms with Gasteiger partial charge in [-0.1, -0.05) is 24.9 Å². The first-order chi connectivity index (χ1) is 7.81. The molecule has 1 saturated carbocycles. The van der Waals surface area contributed by atoms with Crippen LogP contribution in [0, 0.1) is 0 Å². The van der Waals surface area contributed by atoms with Gasteiger partial charge < -0.3 is 9.84 Å². The fraction of sp³-hybridized carbons (Fsp3) is 0.833. The van der Waals surface area contributed by atoms with Crippen LogP contribution in [-0.2, 0) is 0 Å². The van der Waals surface area contributed by atoms with Crippen LogP contribution in [-0.4, -0.2) is 16.7 Å². The molecule has 1 atom stereocenters. The number of aromatic nitrogens is 2. The molecule has 2 rings (SSSR count). The van der Waals surface area contributed by atoms with Gasteiger partial charge in [-0.05, 0) is 32.7 Å². The SMILES string of the molecule is CCCNC(C)c1nc(C2CCCC2)no1. The van der Waals surface area contributed by atoms with Crippen LogP contribution in [0.4, 0.5) is 0 Å². The van der Waals surface area contributed by atoms with Gasteiger partial charge in [-0.15, -0.1) is 0 Å². The summed E-state index contributed by atoms with van der Waals surface area (Å²) in [5, 5.41) is 7.46. The first-order valence-corrected chi connectivity index (χ1v) is 6.38. The van der Waals surface area contributed by atoms with Gasteiger partial charge in [-0.3, -0.25) is 0 Å². The first-order valence-electron chi connectivity index (χ1n) is 6.38. The van der Waals surface area contributed by atoms with Crippen LogP contribution in [0.1, 0.15) is 69.6 Å². The average molecular weight is 223 g/mol. The quantitative estimate of drug-likeness (QED) is 0.834. The first kappa shape index (κ1) is 11.6. The number of hydrogen-bond donors (Lipinski definition) is 1. The van der Waals surface area contributed by atoms with Gasteiger partial charge >= 0.3 is 0 Å². The Morgan fingerprint density at radius 3 is 2.88 bits per heavy atom. The molecule has 1 unspecified atom stereocenters. The molecule has 1 N–H and O–H groups in total. The Kier molecular flexibility index (Phi) is 3.93. The minimum absolute atomic E-state index is 0.169. The third-order valence-electron chi connectivity index (χ3n) is 3.25. The smallest absolute Gasteiger partial charge is 0.243 e. The summed E-state index contributed by atoms with van der Waals surface area (Å²) >= 11 is 0. The topological polar surface area (TPSA) is 51.0 Å². The molecule has 4 heteroatoms. The van der Waals surface area contributed by atoms with Crippen molar-refractivity contribution in [1.82, 2.24) is 15.5 Å². The second kappa shape index (κ2) is 5.43. The van der Waals surface area contributed by atoms with Crippen molar-refractivity contribution in [2.24, 2.45) is 0 Å². The van der Waals surface area contributed by atoms with Crippen molar-refractivity contribution in [3.63, 3.8) is 0 Å². The molecule has 1 aliphatic rings. The fourth-order valence-electron chi connectivity index (χ4n) is 2.22. The summed E-state index contributed by atoms with van der Waals surface area (Å²) in [6.45, 7) is 5.21. The summed E-state index contributed by atoms with van der Waals surface area (Å²) < 4.78 is 5.31. The molecule has 0 aliphatic heterocycles. The van der Waals surface area contributed by atoms with Crippen molar-refractivity contribution < 1.29 is 4.52 Å². The summed E-state index contributed by atoms with van der Waals surface area (Å²) in [5.74, 6) is 2.18. The Morgan fingerprint density at radius 1 is 1.44 bits per heavy atom. The molecular weight excluding hydrogens is 202 g/mol. The molecule has 1 fully saturated rings. The van der Waals surface area contributed by atoms with Crippen LogP contribution in [0.25, 0.3) is 0 Å². The summed E-state index contributed by atoms with van der Waals surface area (Å²) in [6, 6.07) is 0.169. The van der Waals surface area contributed by atoms with Gasteiger partial charge in [0.25, 0.3) is 0 Å². The highest BCUT2D eigenvalue weighted by Gasteiger charge is 2.23. The summed E-state index contributed by atoms with van der Waals surface area (Å²) in [5.41, 5.74) is 0. The van der Waals surface area contributed by atoms with Crippen LogP contribution in [0.3, 0.4) is 0 Å². The van der Waals surface area contributed by atoms with Crippen LogP contribution >= 0.6 is 0 Å². The zero-order valence-electron chi connectivity index (χ0n) is 10.2. The van der Waals surface area contributed by atoms with E-state index in [1.54, 1.807) is 0 Å². The van der Waals surface area contributed by atoms with E-state index in [0.29, 0.717) is 5.92 Å². The third kappa shape index (κ3) is 2.61. The summed E-state index contributed by atoms with van der Waals surface area (Å²) in [7, 11) is 0. The van der Waals surface area contributed by atoms with Crippen molar-refractivity contribution in [3.05, 3.63) is 11.7 Å². The highest BCUT2D eigenvalue weighted by molar-refractivity contribution is 4.99. The lowest BCUT2D eigenvalue weighted by Crippen LogP contribution is -2.19. The molecular formula is C12H21N3O. The molecule has 0 aromatic carbocycles. The second-order valence-electron chi connectivity index (χ2n) is 4.65. The second-order valence-corrected chi connectivity index (χ2v) is 4.65. The van der Waals surface area contributed by atoms with E-state index in [-0.39, 0.29) is 6.04 Å². The fourth-order valence-corrected chi connectivity index (χ4v) is 2.22. The molecule has 0 saturated heterocycles. The standard InChI is InChI=1S/C12H21N3O/c1-3-8-13-9(2)12-14-11(15-16-12)10-6-4-5-7-10/h9-10,13H,3-8H2,1-2H3.